The number of hydrogen-bond acceptors (Lipinski definition) is 6. The fourth-order valence-corrected chi connectivity index (χ4v) is 4.53. The number of sulfonamides is 1. The molecule has 21 heavy (non-hydrogen) atoms. The summed E-state index contributed by atoms with van der Waals surface area (Å²) in [5.74, 6) is 0.290. The fourth-order valence-electron chi connectivity index (χ4n) is 2.14. The van der Waals surface area contributed by atoms with E-state index in [0.717, 1.165) is 15.8 Å². The van der Waals surface area contributed by atoms with Crippen molar-refractivity contribution in [1.29, 1.82) is 0 Å². The minimum atomic E-state index is -3.75. The lowest BCUT2D eigenvalue weighted by Crippen LogP contribution is -2.18. The van der Waals surface area contributed by atoms with E-state index < -0.39 is 10.0 Å². The first-order chi connectivity index (χ1) is 9.90. The van der Waals surface area contributed by atoms with Crippen LogP contribution in [0.5, 0.6) is 0 Å². The molecule has 0 bridgehead atoms. The van der Waals surface area contributed by atoms with E-state index in [4.69, 9.17) is 0 Å². The van der Waals surface area contributed by atoms with Crippen molar-refractivity contribution >= 4 is 37.4 Å². The Bertz CT molecular complexity index is 907. The molecule has 1 N–H and O–H groups in total. The summed E-state index contributed by atoms with van der Waals surface area (Å²) in [6, 6.07) is 0. The molecule has 3 rings (SSSR count). The minimum absolute atomic E-state index is 0.127. The summed E-state index contributed by atoms with van der Waals surface area (Å²) >= 11 is 1.41. The maximum Gasteiger partial charge on any atom is 0.280 e. The largest absolute Gasteiger partial charge is 0.280 e. The number of aromatic nitrogens is 4. The van der Waals surface area contributed by atoms with Gasteiger partial charge in [-0.15, -0.1) is 11.3 Å². The maximum atomic E-state index is 12.5. The van der Waals surface area contributed by atoms with Gasteiger partial charge in [0.2, 0.25) is 0 Å². The van der Waals surface area contributed by atoms with Gasteiger partial charge in [-0.05, 0) is 24.8 Å². The highest BCUT2D eigenvalue weighted by Gasteiger charge is 2.23. The number of aryl methyl sites for hydroxylation is 3. The van der Waals surface area contributed by atoms with Gasteiger partial charge in [-0.25, -0.2) is 9.97 Å². The smallest absolute Gasteiger partial charge is 0.261 e. The van der Waals surface area contributed by atoms with Gasteiger partial charge in [-0.2, -0.15) is 13.5 Å². The summed E-state index contributed by atoms with van der Waals surface area (Å²) in [6.07, 6.45) is 2.87. The molecule has 0 amide bonds. The Balaban J connectivity index is 2.10. The highest BCUT2D eigenvalue weighted by atomic mass is 32.2. The Morgan fingerprint density at radius 1 is 1.24 bits per heavy atom. The van der Waals surface area contributed by atoms with E-state index in [2.05, 4.69) is 19.8 Å². The average molecular weight is 323 g/mol. The zero-order valence-electron chi connectivity index (χ0n) is 11.7. The van der Waals surface area contributed by atoms with E-state index in [9.17, 15) is 8.42 Å². The number of rotatable bonds is 3. The van der Waals surface area contributed by atoms with Crippen LogP contribution in [0.3, 0.4) is 0 Å². The first kappa shape index (κ1) is 14.0. The van der Waals surface area contributed by atoms with Crippen LogP contribution in [0.1, 0.15) is 11.1 Å². The molecule has 110 valence electrons. The molecule has 0 aliphatic rings. The third kappa shape index (κ3) is 2.28. The number of thiophene rings is 1. The van der Waals surface area contributed by atoms with Gasteiger partial charge in [0.05, 0.1) is 16.4 Å². The third-order valence-electron chi connectivity index (χ3n) is 3.07. The first-order valence-corrected chi connectivity index (χ1v) is 8.46. The molecular weight excluding hydrogens is 310 g/mol. The van der Waals surface area contributed by atoms with Crippen LogP contribution in [0, 0.1) is 13.8 Å². The molecule has 0 spiro atoms. The lowest BCUT2D eigenvalue weighted by molar-refractivity contribution is 0.580. The highest BCUT2D eigenvalue weighted by molar-refractivity contribution is 7.92. The second-order valence-electron chi connectivity index (χ2n) is 4.68. The first-order valence-electron chi connectivity index (χ1n) is 6.10. The Morgan fingerprint density at radius 3 is 2.67 bits per heavy atom. The molecule has 0 atom stereocenters. The zero-order chi connectivity index (χ0) is 15.2. The van der Waals surface area contributed by atoms with Crippen molar-refractivity contribution in [2.24, 2.45) is 7.05 Å². The molecule has 0 fully saturated rings. The van der Waals surface area contributed by atoms with Crippen LogP contribution in [0.15, 0.2) is 22.9 Å². The van der Waals surface area contributed by atoms with Gasteiger partial charge in [0.15, 0.2) is 10.8 Å². The van der Waals surface area contributed by atoms with Crippen LogP contribution >= 0.6 is 11.3 Å². The van der Waals surface area contributed by atoms with Crippen molar-refractivity contribution in [3.63, 3.8) is 0 Å². The quantitative estimate of drug-likeness (QED) is 0.794. The molecule has 0 saturated carbocycles. The molecule has 0 aliphatic carbocycles. The van der Waals surface area contributed by atoms with E-state index in [1.54, 1.807) is 14.0 Å². The Hall–Kier alpha value is -2.00. The van der Waals surface area contributed by atoms with Crippen LogP contribution < -0.4 is 4.72 Å². The molecule has 3 aromatic rings. The average Bonchev–Trinajstić information content (AvgIpc) is 2.94. The van der Waals surface area contributed by atoms with Crippen LogP contribution in [0.25, 0.3) is 10.2 Å². The van der Waals surface area contributed by atoms with Crippen LogP contribution in [-0.4, -0.2) is 28.2 Å². The molecule has 0 saturated heterocycles. The fraction of sp³-hybridized carbons (Fsp3) is 0.250. The molecule has 3 aromatic heterocycles. The third-order valence-corrected chi connectivity index (χ3v) is 5.72. The standard InChI is InChI=1S/C12H13N5O2S2/c1-7-4-15-17(3)12(7)21(18,19)16-11-10-9(13-6-14-11)8(2)5-20-10/h4-6H,1-3H3,(H,13,14,16). The topological polar surface area (TPSA) is 89.8 Å². The number of hydrogen-bond donors (Lipinski definition) is 1. The van der Waals surface area contributed by atoms with Crippen LogP contribution in [-0.2, 0) is 17.1 Å². The van der Waals surface area contributed by atoms with Gasteiger partial charge in [0.1, 0.15) is 6.33 Å². The molecule has 7 nitrogen and oxygen atoms in total. The molecule has 0 unspecified atom stereocenters. The van der Waals surface area contributed by atoms with Crippen LogP contribution in [0.2, 0.25) is 0 Å². The molecule has 0 radical (unpaired) electrons. The van der Waals surface area contributed by atoms with E-state index in [1.807, 2.05) is 12.3 Å². The number of fused-ring (bicyclic) bond motifs is 1. The van der Waals surface area contributed by atoms with Crippen molar-refractivity contribution in [3.05, 3.63) is 29.0 Å². The summed E-state index contributed by atoms with van der Waals surface area (Å²) in [5, 5.41) is 6.01. The summed E-state index contributed by atoms with van der Waals surface area (Å²) in [7, 11) is -2.16. The molecule has 0 aromatic carbocycles. The van der Waals surface area contributed by atoms with Crippen molar-refractivity contribution in [1.82, 2.24) is 19.7 Å². The highest BCUT2D eigenvalue weighted by Crippen LogP contribution is 2.30. The monoisotopic (exact) mass is 323 g/mol. The summed E-state index contributed by atoms with van der Waals surface area (Å²) in [4.78, 5) is 8.23. The predicted octanol–water partition coefficient (Wildman–Crippen LogP) is 1.84. The van der Waals surface area contributed by atoms with Gasteiger partial charge in [0.25, 0.3) is 10.0 Å². The van der Waals surface area contributed by atoms with Gasteiger partial charge in [-0.1, -0.05) is 0 Å². The second-order valence-corrected chi connectivity index (χ2v) is 7.16. The Kier molecular flexibility index (Phi) is 3.18. The predicted molar refractivity (Wildman–Crippen MR) is 80.9 cm³/mol. The normalized spacial score (nSPS) is 12.0. The van der Waals surface area contributed by atoms with Gasteiger partial charge in [0, 0.05) is 12.6 Å². The molecule has 9 heteroatoms. The molecule has 3 heterocycles. The van der Waals surface area contributed by atoms with E-state index in [0.29, 0.717) is 11.4 Å². The SMILES string of the molecule is Cc1cnn(C)c1S(=O)(=O)Nc1ncnc2c(C)csc12. The number of nitrogens with one attached hydrogen (secondary N) is 1. The van der Waals surface area contributed by atoms with Gasteiger partial charge >= 0.3 is 0 Å². The van der Waals surface area contributed by atoms with Gasteiger partial charge in [-0.3, -0.25) is 9.40 Å². The van der Waals surface area contributed by atoms with E-state index in [1.165, 1.54) is 28.5 Å². The van der Waals surface area contributed by atoms with Gasteiger partial charge < -0.3 is 0 Å². The Labute approximate surface area is 125 Å². The minimum Gasteiger partial charge on any atom is -0.261 e. The molecular formula is C12H13N5O2S2. The van der Waals surface area contributed by atoms with Crippen molar-refractivity contribution in [2.75, 3.05) is 4.72 Å². The zero-order valence-corrected chi connectivity index (χ0v) is 13.3. The van der Waals surface area contributed by atoms with E-state index >= 15 is 0 Å². The van der Waals surface area contributed by atoms with E-state index in [-0.39, 0.29) is 5.03 Å². The summed E-state index contributed by atoms with van der Waals surface area (Å²) < 4.78 is 29.6. The summed E-state index contributed by atoms with van der Waals surface area (Å²) in [6.45, 7) is 3.63. The Morgan fingerprint density at radius 2 is 2.00 bits per heavy atom. The maximum absolute atomic E-state index is 12.5. The summed E-state index contributed by atoms with van der Waals surface area (Å²) in [5.41, 5.74) is 2.33. The lowest BCUT2D eigenvalue weighted by atomic mass is 10.3. The molecule has 0 aliphatic heterocycles. The van der Waals surface area contributed by atoms with Crippen molar-refractivity contribution in [2.45, 2.75) is 18.9 Å². The lowest BCUT2D eigenvalue weighted by Gasteiger charge is -2.09. The second kappa shape index (κ2) is 4.78. The van der Waals surface area contributed by atoms with Crippen LogP contribution in [0.4, 0.5) is 5.82 Å². The number of anilines is 1. The van der Waals surface area contributed by atoms with Crippen molar-refractivity contribution in [3.8, 4) is 0 Å². The number of nitrogens with zero attached hydrogens (tertiary/aromatic N) is 4. The van der Waals surface area contributed by atoms with Crippen molar-refractivity contribution < 1.29 is 8.42 Å².